The first-order valence-corrected chi connectivity index (χ1v) is 10.7. The highest BCUT2D eigenvalue weighted by atomic mass is 32.2. The molecule has 0 N–H and O–H groups in total. The second-order valence-corrected chi connectivity index (χ2v) is 8.76. The van der Waals surface area contributed by atoms with Gasteiger partial charge < -0.3 is 13.8 Å². The second-order valence-electron chi connectivity index (χ2n) is 7.21. The second kappa shape index (κ2) is 8.22. The minimum Gasteiger partial charge on any atom is -0.497 e. The van der Waals surface area contributed by atoms with Crippen LogP contribution >= 0.6 is 0 Å². The topological polar surface area (TPSA) is 72.9 Å². The molecule has 0 heterocycles. The van der Waals surface area contributed by atoms with Gasteiger partial charge >= 0.3 is 10.1 Å². The number of hydrogen-bond donors (Lipinski definition) is 0. The first-order chi connectivity index (χ1) is 13.3. The van der Waals surface area contributed by atoms with Crippen molar-refractivity contribution in [3.63, 3.8) is 0 Å². The summed E-state index contributed by atoms with van der Waals surface area (Å²) in [6.07, 6.45) is 2.08. The van der Waals surface area contributed by atoms with Crippen molar-refractivity contribution in [2.24, 2.45) is 5.92 Å². The minimum absolute atomic E-state index is 0.0437. The molecule has 0 aromatic heterocycles. The fourth-order valence-corrected chi connectivity index (χ4v) is 3.80. The van der Waals surface area contributed by atoms with Crippen LogP contribution in [0.1, 0.15) is 32.3 Å². The minimum atomic E-state index is -3.92. The molecule has 1 aliphatic rings. The third-order valence-electron chi connectivity index (χ3n) is 4.59. The van der Waals surface area contributed by atoms with Crippen LogP contribution in [-0.4, -0.2) is 32.4 Å². The highest BCUT2D eigenvalue weighted by molar-refractivity contribution is 7.87. The molecule has 0 saturated heterocycles. The van der Waals surface area contributed by atoms with E-state index in [9.17, 15) is 13.2 Å². The van der Waals surface area contributed by atoms with E-state index in [-0.39, 0.29) is 22.5 Å². The number of carbonyl (C=O) groups excluding carboxylic acids is 1. The number of nitrogens with zero attached hydrogens (tertiary/aromatic N) is 1. The number of rotatable bonds is 8. The van der Waals surface area contributed by atoms with Gasteiger partial charge in [-0.05, 0) is 54.8 Å². The van der Waals surface area contributed by atoms with Crippen LogP contribution in [0, 0.1) is 5.92 Å². The largest absolute Gasteiger partial charge is 0.497 e. The van der Waals surface area contributed by atoms with Crippen LogP contribution in [0.3, 0.4) is 0 Å². The summed E-state index contributed by atoms with van der Waals surface area (Å²) in [5.74, 6) is 0.898. The third kappa shape index (κ3) is 4.84. The summed E-state index contributed by atoms with van der Waals surface area (Å²) in [6, 6.07) is 13.1. The van der Waals surface area contributed by atoms with Crippen LogP contribution in [-0.2, 0) is 21.5 Å². The van der Waals surface area contributed by atoms with Crippen molar-refractivity contribution >= 4 is 16.0 Å². The molecule has 0 spiro atoms. The number of amides is 1. The van der Waals surface area contributed by atoms with E-state index < -0.39 is 10.1 Å². The highest BCUT2D eigenvalue weighted by Crippen LogP contribution is 2.30. The summed E-state index contributed by atoms with van der Waals surface area (Å²) in [4.78, 5) is 14.4. The zero-order valence-corrected chi connectivity index (χ0v) is 17.1. The number of hydrogen-bond acceptors (Lipinski definition) is 5. The van der Waals surface area contributed by atoms with Crippen LogP contribution in [0.5, 0.6) is 11.5 Å². The summed E-state index contributed by atoms with van der Waals surface area (Å²) in [6.45, 7) is 4.32. The molecule has 150 valence electrons. The van der Waals surface area contributed by atoms with E-state index in [4.69, 9.17) is 8.92 Å². The Morgan fingerprint density at radius 3 is 2.11 bits per heavy atom. The SMILES string of the molecule is COc1ccc(S(=O)(=O)Oc2ccc(CN(C(=O)C(C)C)C3CC3)cc2)cc1. The molecular formula is C21H25NO5S. The molecule has 1 amide bonds. The number of benzene rings is 2. The summed E-state index contributed by atoms with van der Waals surface area (Å²) >= 11 is 0. The van der Waals surface area contributed by atoms with Crippen LogP contribution in [0.2, 0.25) is 0 Å². The van der Waals surface area contributed by atoms with E-state index in [0.717, 1.165) is 18.4 Å². The quantitative estimate of drug-likeness (QED) is 0.630. The smallest absolute Gasteiger partial charge is 0.339 e. The monoisotopic (exact) mass is 403 g/mol. The van der Waals surface area contributed by atoms with Crippen LogP contribution < -0.4 is 8.92 Å². The zero-order valence-electron chi connectivity index (χ0n) is 16.3. The molecule has 7 heteroatoms. The van der Waals surface area contributed by atoms with E-state index in [0.29, 0.717) is 18.3 Å². The van der Waals surface area contributed by atoms with Crippen molar-refractivity contribution in [2.45, 2.75) is 44.2 Å². The Labute approximate surface area is 166 Å². The van der Waals surface area contributed by atoms with Crippen molar-refractivity contribution in [1.82, 2.24) is 4.90 Å². The van der Waals surface area contributed by atoms with Gasteiger partial charge in [-0.1, -0.05) is 26.0 Å². The molecule has 1 saturated carbocycles. The Balaban J connectivity index is 1.68. The molecule has 28 heavy (non-hydrogen) atoms. The first kappa shape index (κ1) is 20.2. The van der Waals surface area contributed by atoms with Gasteiger partial charge in [-0.2, -0.15) is 8.42 Å². The van der Waals surface area contributed by atoms with E-state index >= 15 is 0 Å². The van der Waals surface area contributed by atoms with Gasteiger partial charge in [-0.25, -0.2) is 0 Å². The molecule has 0 radical (unpaired) electrons. The summed E-state index contributed by atoms with van der Waals surface area (Å²) in [5, 5.41) is 0. The van der Waals surface area contributed by atoms with Crippen molar-refractivity contribution in [1.29, 1.82) is 0 Å². The summed E-state index contributed by atoms with van der Waals surface area (Å²) in [5.41, 5.74) is 0.940. The summed E-state index contributed by atoms with van der Waals surface area (Å²) in [7, 11) is -2.41. The van der Waals surface area contributed by atoms with Gasteiger partial charge in [-0.15, -0.1) is 0 Å². The Morgan fingerprint density at radius 1 is 1.04 bits per heavy atom. The average molecular weight is 404 g/mol. The van der Waals surface area contributed by atoms with Gasteiger partial charge in [0.25, 0.3) is 0 Å². The van der Waals surface area contributed by atoms with E-state index in [1.807, 2.05) is 18.7 Å². The Bertz CT molecular complexity index is 916. The fourth-order valence-electron chi connectivity index (χ4n) is 2.87. The van der Waals surface area contributed by atoms with Crippen molar-refractivity contribution in [2.75, 3.05) is 7.11 Å². The predicted octanol–water partition coefficient (Wildman–Crippen LogP) is 3.61. The van der Waals surface area contributed by atoms with Crippen LogP contribution in [0.25, 0.3) is 0 Å². The Morgan fingerprint density at radius 2 is 1.61 bits per heavy atom. The average Bonchev–Trinajstić information content (AvgIpc) is 3.51. The van der Waals surface area contributed by atoms with Gasteiger partial charge in [0, 0.05) is 18.5 Å². The lowest BCUT2D eigenvalue weighted by molar-refractivity contribution is -0.135. The van der Waals surface area contributed by atoms with Gasteiger partial charge in [0.1, 0.15) is 16.4 Å². The zero-order chi connectivity index (χ0) is 20.3. The lowest BCUT2D eigenvalue weighted by Gasteiger charge is -2.24. The molecule has 0 unspecified atom stereocenters. The lowest BCUT2D eigenvalue weighted by Crippen LogP contribution is -2.35. The van der Waals surface area contributed by atoms with E-state index in [1.54, 1.807) is 36.4 Å². The number of ether oxygens (including phenoxy) is 1. The number of carbonyl (C=O) groups is 1. The van der Waals surface area contributed by atoms with Gasteiger partial charge in [0.2, 0.25) is 5.91 Å². The number of methoxy groups -OCH3 is 1. The molecule has 0 aliphatic heterocycles. The molecule has 3 rings (SSSR count). The molecule has 1 fully saturated rings. The van der Waals surface area contributed by atoms with Gasteiger partial charge in [0.15, 0.2) is 0 Å². The summed E-state index contributed by atoms with van der Waals surface area (Å²) < 4.78 is 35.1. The molecular weight excluding hydrogens is 378 g/mol. The maximum absolute atomic E-state index is 12.4. The van der Waals surface area contributed by atoms with Crippen molar-refractivity contribution in [3.8, 4) is 11.5 Å². The van der Waals surface area contributed by atoms with Crippen LogP contribution in [0.4, 0.5) is 0 Å². The maximum Gasteiger partial charge on any atom is 0.339 e. The lowest BCUT2D eigenvalue weighted by atomic mass is 10.1. The molecule has 0 bridgehead atoms. The molecule has 1 aliphatic carbocycles. The van der Waals surface area contributed by atoms with Gasteiger partial charge in [0.05, 0.1) is 7.11 Å². The van der Waals surface area contributed by atoms with E-state index in [2.05, 4.69) is 0 Å². The normalized spacial score (nSPS) is 14.0. The third-order valence-corrected chi connectivity index (χ3v) is 5.86. The standard InChI is InChI=1S/C21H25NO5S/c1-15(2)21(23)22(17-6-7-17)14-16-4-8-19(9-5-16)27-28(24,25)20-12-10-18(26-3)11-13-20/h4-5,8-13,15,17H,6-7,14H2,1-3H3. The molecule has 6 nitrogen and oxygen atoms in total. The Kier molecular flexibility index (Phi) is 5.93. The van der Waals surface area contributed by atoms with Crippen LogP contribution in [0.15, 0.2) is 53.4 Å². The first-order valence-electron chi connectivity index (χ1n) is 9.28. The Hall–Kier alpha value is -2.54. The molecule has 2 aromatic rings. The fraction of sp³-hybridized carbons (Fsp3) is 0.381. The van der Waals surface area contributed by atoms with Gasteiger partial charge in [-0.3, -0.25) is 4.79 Å². The van der Waals surface area contributed by atoms with Crippen molar-refractivity contribution in [3.05, 3.63) is 54.1 Å². The maximum atomic E-state index is 12.4. The molecule has 2 aromatic carbocycles. The molecule has 0 atom stereocenters. The highest BCUT2D eigenvalue weighted by Gasteiger charge is 2.33. The van der Waals surface area contributed by atoms with Crippen molar-refractivity contribution < 1.29 is 22.1 Å². The van der Waals surface area contributed by atoms with E-state index in [1.165, 1.54) is 19.2 Å². The predicted molar refractivity (Wildman–Crippen MR) is 106 cm³/mol.